The lowest BCUT2D eigenvalue weighted by Gasteiger charge is -2.20. The molecule has 0 fully saturated rings. The van der Waals surface area contributed by atoms with Crippen LogP contribution in [0.4, 0.5) is 11.4 Å². The van der Waals surface area contributed by atoms with Gasteiger partial charge in [0, 0.05) is 17.7 Å². The topological polar surface area (TPSA) is 97.1 Å². The number of nitrogens with zero attached hydrogens (tertiary/aromatic N) is 3. The SMILES string of the molecule is COc1ccc(NN2C(=O)/C(=C/c3cccc([N+](=O)[O-])c3)N=C2c2ccccc2)cc1. The van der Waals surface area contributed by atoms with Crippen molar-refractivity contribution < 1.29 is 14.5 Å². The number of amides is 1. The Bertz CT molecular complexity index is 1190. The second-order valence-electron chi connectivity index (χ2n) is 6.66. The van der Waals surface area contributed by atoms with Crippen LogP contribution < -0.4 is 10.2 Å². The smallest absolute Gasteiger partial charge is 0.297 e. The van der Waals surface area contributed by atoms with Gasteiger partial charge in [0.25, 0.3) is 11.6 Å². The molecule has 1 amide bonds. The van der Waals surface area contributed by atoms with Crippen molar-refractivity contribution in [2.24, 2.45) is 4.99 Å². The quantitative estimate of drug-likeness (QED) is 0.369. The molecular formula is C23H18N4O4. The standard InChI is InChI=1S/C23H18N4O4/c1-31-20-12-10-18(11-13-20)25-26-22(17-7-3-2-4-8-17)24-21(23(26)28)15-16-6-5-9-19(14-16)27(29)30/h2-15,25H,1H3/b21-15-. The summed E-state index contributed by atoms with van der Waals surface area (Å²) in [6.45, 7) is 0. The fourth-order valence-corrected chi connectivity index (χ4v) is 3.08. The molecule has 0 aromatic heterocycles. The number of anilines is 1. The predicted molar refractivity (Wildman–Crippen MR) is 118 cm³/mol. The molecule has 0 unspecified atom stereocenters. The van der Waals surface area contributed by atoms with E-state index in [0.29, 0.717) is 22.8 Å². The zero-order chi connectivity index (χ0) is 21.8. The highest BCUT2D eigenvalue weighted by molar-refractivity contribution is 6.20. The number of rotatable bonds is 6. The number of hydrogen-bond acceptors (Lipinski definition) is 6. The van der Waals surface area contributed by atoms with Crippen LogP contribution in [0.25, 0.3) is 6.08 Å². The molecule has 4 rings (SSSR count). The second kappa shape index (κ2) is 8.50. The molecule has 1 aliphatic heterocycles. The summed E-state index contributed by atoms with van der Waals surface area (Å²) < 4.78 is 5.17. The lowest BCUT2D eigenvalue weighted by atomic mass is 10.1. The van der Waals surface area contributed by atoms with Crippen LogP contribution in [0, 0.1) is 10.1 Å². The number of nitrogens with one attached hydrogen (secondary N) is 1. The van der Waals surface area contributed by atoms with Gasteiger partial charge in [0.05, 0.1) is 17.7 Å². The first kappa shape index (κ1) is 19.8. The molecule has 1 N–H and O–H groups in total. The maximum absolute atomic E-state index is 13.2. The minimum Gasteiger partial charge on any atom is -0.497 e. The molecule has 8 nitrogen and oxygen atoms in total. The van der Waals surface area contributed by atoms with Crippen molar-refractivity contribution in [3.8, 4) is 5.75 Å². The summed E-state index contributed by atoms with van der Waals surface area (Å²) in [4.78, 5) is 28.3. The first-order valence-corrected chi connectivity index (χ1v) is 9.40. The van der Waals surface area contributed by atoms with Crippen molar-refractivity contribution in [3.63, 3.8) is 0 Å². The van der Waals surface area contributed by atoms with Gasteiger partial charge in [0.1, 0.15) is 11.4 Å². The number of non-ortho nitro benzene ring substituents is 1. The Morgan fingerprint density at radius 1 is 1.03 bits per heavy atom. The van der Waals surface area contributed by atoms with Crippen LogP contribution >= 0.6 is 0 Å². The van der Waals surface area contributed by atoms with Gasteiger partial charge in [-0.3, -0.25) is 20.3 Å². The lowest BCUT2D eigenvalue weighted by molar-refractivity contribution is -0.384. The van der Waals surface area contributed by atoms with Crippen LogP contribution in [0.15, 0.2) is 89.6 Å². The predicted octanol–water partition coefficient (Wildman–Crippen LogP) is 4.26. The minimum atomic E-state index is -0.478. The second-order valence-corrected chi connectivity index (χ2v) is 6.66. The number of nitro groups is 1. The summed E-state index contributed by atoms with van der Waals surface area (Å²) in [5.41, 5.74) is 5.13. The third-order valence-corrected chi connectivity index (χ3v) is 4.61. The summed E-state index contributed by atoms with van der Waals surface area (Å²) in [5, 5.41) is 12.4. The zero-order valence-electron chi connectivity index (χ0n) is 16.6. The molecule has 154 valence electrons. The van der Waals surface area contributed by atoms with Gasteiger partial charge in [-0.15, -0.1) is 0 Å². The van der Waals surface area contributed by atoms with E-state index in [9.17, 15) is 14.9 Å². The Kier molecular flexibility index (Phi) is 5.44. The van der Waals surface area contributed by atoms with Crippen LogP contribution in [0.2, 0.25) is 0 Å². The Morgan fingerprint density at radius 3 is 2.45 bits per heavy atom. The molecule has 31 heavy (non-hydrogen) atoms. The third kappa shape index (κ3) is 4.27. The molecule has 0 radical (unpaired) electrons. The van der Waals surface area contributed by atoms with Crippen molar-refractivity contribution in [2.45, 2.75) is 0 Å². The van der Waals surface area contributed by atoms with Crippen LogP contribution in [0.5, 0.6) is 5.75 Å². The van der Waals surface area contributed by atoms with Crippen molar-refractivity contribution in [1.82, 2.24) is 5.01 Å². The average molecular weight is 414 g/mol. The zero-order valence-corrected chi connectivity index (χ0v) is 16.6. The van der Waals surface area contributed by atoms with E-state index in [1.165, 1.54) is 23.2 Å². The average Bonchev–Trinajstić information content (AvgIpc) is 3.10. The van der Waals surface area contributed by atoms with Crippen LogP contribution in [0.1, 0.15) is 11.1 Å². The van der Waals surface area contributed by atoms with Gasteiger partial charge in [-0.05, 0) is 35.9 Å². The van der Waals surface area contributed by atoms with E-state index < -0.39 is 4.92 Å². The van der Waals surface area contributed by atoms with Gasteiger partial charge in [0.15, 0.2) is 5.84 Å². The molecule has 0 atom stereocenters. The number of hydrazine groups is 1. The van der Waals surface area contributed by atoms with Crippen LogP contribution in [0.3, 0.4) is 0 Å². The normalized spacial score (nSPS) is 14.5. The summed E-state index contributed by atoms with van der Waals surface area (Å²) in [5.74, 6) is 0.751. The molecule has 8 heteroatoms. The van der Waals surface area contributed by atoms with E-state index in [2.05, 4.69) is 10.4 Å². The van der Waals surface area contributed by atoms with Gasteiger partial charge >= 0.3 is 0 Å². The Hall–Kier alpha value is -4.46. The largest absolute Gasteiger partial charge is 0.497 e. The third-order valence-electron chi connectivity index (χ3n) is 4.61. The molecule has 0 spiro atoms. The summed E-state index contributed by atoms with van der Waals surface area (Å²) in [6.07, 6.45) is 1.54. The maximum atomic E-state index is 13.2. The molecule has 3 aromatic carbocycles. The minimum absolute atomic E-state index is 0.0553. The number of benzene rings is 3. The Balaban J connectivity index is 1.71. The molecule has 1 heterocycles. The monoisotopic (exact) mass is 414 g/mol. The molecule has 0 aliphatic carbocycles. The number of carbonyl (C=O) groups excluding carboxylic acids is 1. The summed E-state index contributed by atoms with van der Waals surface area (Å²) >= 11 is 0. The van der Waals surface area contributed by atoms with E-state index in [0.717, 1.165) is 5.56 Å². The number of hydrogen-bond donors (Lipinski definition) is 1. The number of methoxy groups -OCH3 is 1. The highest BCUT2D eigenvalue weighted by Gasteiger charge is 2.31. The molecule has 0 saturated heterocycles. The van der Waals surface area contributed by atoms with Crippen LogP contribution in [-0.2, 0) is 4.79 Å². The number of nitro benzene ring substituents is 1. The maximum Gasteiger partial charge on any atom is 0.297 e. The van der Waals surface area contributed by atoms with E-state index in [1.807, 2.05) is 30.3 Å². The molecular weight excluding hydrogens is 396 g/mol. The van der Waals surface area contributed by atoms with Gasteiger partial charge in [-0.2, -0.15) is 5.01 Å². The highest BCUT2D eigenvalue weighted by Crippen LogP contribution is 2.25. The summed E-state index contributed by atoms with van der Waals surface area (Å²) in [6, 6.07) is 22.5. The van der Waals surface area contributed by atoms with E-state index in [4.69, 9.17) is 4.74 Å². The van der Waals surface area contributed by atoms with Crippen molar-refractivity contribution in [2.75, 3.05) is 12.5 Å². The number of ether oxygens (including phenoxy) is 1. The van der Waals surface area contributed by atoms with E-state index in [1.54, 1.807) is 43.5 Å². The van der Waals surface area contributed by atoms with Crippen LogP contribution in [-0.4, -0.2) is 28.8 Å². The first-order chi connectivity index (χ1) is 15.0. The van der Waals surface area contributed by atoms with E-state index >= 15 is 0 Å². The number of carbonyl (C=O) groups is 1. The summed E-state index contributed by atoms with van der Waals surface area (Å²) in [7, 11) is 1.58. The van der Waals surface area contributed by atoms with Gasteiger partial charge in [-0.1, -0.05) is 42.5 Å². The first-order valence-electron chi connectivity index (χ1n) is 9.40. The fraction of sp³-hybridized carbons (Fsp3) is 0.0435. The molecule has 1 aliphatic rings. The van der Waals surface area contributed by atoms with Crippen molar-refractivity contribution in [3.05, 3.63) is 106 Å². The van der Waals surface area contributed by atoms with Gasteiger partial charge in [0.2, 0.25) is 0 Å². The van der Waals surface area contributed by atoms with Gasteiger partial charge < -0.3 is 4.74 Å². The highest BCUT2D eigenvalue weighted by atomic mass is 16.6. The lowest BCUT2D eigenvalue weighted by Crippen LogP contribution is -2.37. The fourth-order valence-electron chi connectivity index (χ4n) is 3.08. The molecule has 3 aromatic rings. The Morgan fingerprint density at radius 2 is 1.77 bits per heavy atom. The number of aliphatic imine (C=N–C) groups is 1. The van der Waals surface area contributed by atoms with Crippen molar-refractivity contribution in [1.29, 1.82) is 0 Å². The molecule has 0 saturated carbocycles. The van der Waals surface area contributed by atoms with Gasteiger partial charge in [-0.25, -0.2) is 4.99 Å². The number of amidine groups is 1. The Labute approximate surface area is 178 Å². The van der Waals surface area contributed by atoms with Crippen molar-refractivity contribution >= 4 is 29.2 Å². The van der Waals surface area contributed by atoms with E-state index in [-0.39, 0.29) is 17.3 Å². The molecule has 0 bridgehead atoms.